The van der Waals surface area contributed by atoms with E-state index in [0.717, 1.165) is 5.56 Å². The van der Waals surface area contributed by atoms with Crippen LogP contribution in [0, 0.1) is 6.92 Å². The number of hydrogen-bond donors (Lipinski definition) is 0. The van der Waals surface area contributed by atoms with Crippen molar-refractivity contribution >= 4 is 21.7 Å². The van der Waals surface area contributed by atoms with Crippen LogP contribution in [0.25, 0.3) is 0 Å². The van der Waals surface area contributed by atoms with Crippen molar-refractivity contribution in [1.29, 1.82) is 0 Å². The Labute approximate surface area is 159 Å². The molecule has 1 amide bonds. The Bertz CT molecular complexity index is 890. The van der Waals surface area contributed by atoms with E-state index in [1.165, 1.54) is 17.0 Å². The number of carbonyl (C=O) groups excluding carboxylic acids is 2. The number of benzene rings is 2. The van der Waals surface area contributed by atoms with Gasteiger partial charge in [0.05, 0.1) is 17.1 Å². The molecule has 1 atom stereocenters. The summed E-state index contributed by atoms with van der Waals surface area (Å²) in [6.45, 7) is 1.86. The molecule has 144 valence electrons. The second-order valence-corrected chi connectivity index (χ2v) is 8.50. The lowest BCUT2D eigenvalue weighted by Gasteiger charge is -2.21. The molecule has 7 heteroatoms. The fourth-order valence-electron chi connectivity index (χ4n) is 2.39. The molecule has 6 nitrogen and oxygen atoms in total. The van der Waals surface area contributed by atoms with Gasteiger partial charge in [0.15, 0.2) is 9.84 Å². The Kier molecular flexibility index (Phi) is 6.74. The van der Waals surface area contributed by atoms with Crippen molar-refractivity contribution in [3.05, 3.63) is 65.7 Å². The van der Waals surface area contributed by atoms with Gasteiger partial charge in [-0.3, -0.25) is 9.59 Å². The monoisotopic (exact) mass is 389 g/mol. The predicted molar refractivity (Wildman–Crippen MR) is 102 cm³/mol. The van der Waals surface area contributed by atoms with Crippen LogP contribution < -0.4 is 0 Å². The normalized spacial score (nSPS) is 12.3. The molecular formula is C20H23NO5S. The minimum Gasteiger partial charge on any atom is -0.447 e. The molecular weight excluding hydrogens is 366 g/mol. The van der Waals surface area contributed by atoms with Gasteiger partial charge in [-0.05, 0) is 19.1 Å². The van der Waals surface area contributed by atoms with E-state index in [0.29, 0.717) is 5.56 Å². The van der Waals surface area contributed by atoms with Crippen LogP contribution in [0.1, 0.15) is 23.7 Å². The average molecular weight is 389 g/mol. The van der Waals surface area contributed by atoms with Gasteiger partial charge >= 0.3 is 5.97 Å². The maximum Gasteiger partial charge on any atom is 0.307 e. The second-order valence-electron chi connectivity index (χ2n) is 6.40. The zero-order chi connectivity index (χ0) is 20.0. The summed E-state index contributed by atoms with van der Waals surface area (Å²) >= 11 is 0. The molecule has 0 bridgehead atoms. The van der Waals surface area contributed by atoms with Crippen molar-refractivity contribution in [2.75, 3.05) is 19.8 Å². The van der Waals surface area contributed by atoms with E-state index in [1.54, 1.807) is 56.6 Å². The van der Waals surface area contributed by atoms with E-state index in [9.17, 15) is 18.0 Å². The maximum atomic E-state index is 12.4. The summed E-state index contributed by atoms with van der Waals surface area (Å²) < 4.78 is 30.0. The van der Waals surface area contributed by atoms with Gasteiger partial charge in [0.25, 0.3) is 5.91 Å². The first-order chi connectivity index (χ1) is 12.7. The number of rotatable bonds is 7. The number of nitrogens with zero attached hydrogens (tertiary/aromatic N) is 1. The fourth-order valence-corrected chi connectivity index (χ4v) is 3.62. The van der Waals surface area contributed by atoms with Gasteiger partial charge in [0, 0.05) is 19.7 Å². The first-order valence-corrected chi connectivity index (χ1v) is 10.1. The number of aryl methyl sites for hydroxylation is 1. The van der Waals surface area contributed by atoms with E-state index in [1.807, 2.05) is 6.92 Å². The third-order valence-corrected chi connectivity index (χ3v) is 5.70. The minimum absolute atomic E-state index is 0.157. The zero-order valence-corrected chi connectivity index (χ0v) is 16.4. The third kappa shape index (κ3) is 5.65. The highest BCUT2D eigenvalue weighted by Gasteiger charge is 2.27. The average Bonchev–Trinajstić information content (AvgIpc) is 2.65. The topological polar surface area (TPSA) is 80.7 Å². The summed E-state index contributed by atoms with van der Waals surface area (Å²) in [5.41, 5.74) is 1.48. The molecule has 0 heterocycles. The summed E-state index contributed by atoms with van der Waals surface area (Å²) in [5, 5.41) is 0. The van der Waals surface area contributed by atoms with Crippen LogP contribution in [0.3, 0.4) is 0 Å². The lowest BCUT2D eigenvalue weighted by Crippen LogP contribution is -2.31. The molecule has 2 aromatic rings. The van der Waals surface area contributed by atoms with E-state index in [4.69, 9.17) is 4.74 Å². The molecule has 0 aliphatic rings. The zero-order valence-electron chi connectivity index (χ0n) is 15.6. The first kappa shape index (κ1) is 20.6. The first-order valence-electron chi connectivity index (χ1n) is 8.46. The van der Waals surface area contributed by atoms with Crippen LogP contribution in [-0.4, -0.2) is 45.0 Å². The van der Waals surface area contributed by atoms with Crippen LogP contribution in [0.4, 0.5) is 0 Å². The lowest BCUT2D eigenvalue weighted by atomic mass is 10.1. The second kappa shape index (κ2) is 8.81. The number of amides is 1. The molecule has 2 aromatic carbocycles. The predicted octanol–water partition coefficient (Wildman–Crippen LogP) is 2.53. The Morgan fingerprint density at radius 1 is 1.00 bits per heavy atom. The Hall–Kier alpha value is -2.67. The Morgan fingerprint density at radius 3 is 2.15 bits per heavy atom. The van der Waals surface area contributed by atoms with Gasteiger partial charge in [0.1, 0.15) is 0 Å². The molecule has 2 rings (SSSR count). The molecule has 0 aliphatic carbocycles. The fraction of sp³-hybridized carbons (Fsp3) is 0.300. The standard InChI is InChI=1S/C20H23NO5S/c1-15-9-11-17(12-10-15)27(24,25)14-13-18(22)26-19(20(23)21(2)3)16-7-5-4-6-8-16/h4-12,19H,13-14H2,1-3H3/t19-/m1/s1. The molecule has 0 saturated heterocycles. The summed E-state index contributed by atoms with van der Waals surface area (Å²) in [7, 11) is -0.478. The Morgan fingerprint density at radius 2 is 1.59 bits per heavy atom. The van der Waals surface area contributed by atoms with Crippen LogP contribution in [0.5, 0.6) is 0 Å². The number of sulfone groups is 1. The largest absolute Gasteiger partial charge is 0.447 e. The molecule has 0 aromatic heterocycles. The third-order valence-electron chi connectivity index (χ3n) is 3.97. The van der Waals surface area contributed by atoms with Crippen LogP contribution in [-0.2, 0) is 24.2 Å². The van der Waals surface area contributed by atoms with Gasteiger partial charge in [-0.1, -0.05) is 48.0 Å². The smallest absolute Gasteiger partial charge is 0.307 e. The van der Waals surface area contributed by atoms with Crippen molar-refractivity contribution in [2.24, 2.45) is 0 Å². The van der Waals surface area contributed by atoms with E-state index >= 15 is 0 Å². The highest BCUT2D eigenvalue weighted by atomic mass is 32.2. The van der Waals surface area contributed by atoms with E-state index in [2.05, 4.69) is 0 Å². The number of likely N-dealkylation sites (N-methyl/N-ethyl adjacent to an activating group) is 1. The van der Waals surface area contributed by atoms with Crippen molar-refractivity contribution in [2.45, 2.75) is 24.3 Å². The summed E-state index contributed by atoms with van der Waals surface area (Å²) in [6.07, 6.45) is -1.43. The summed E-state index contributed by atoms with van der Waals surface area (Å²) in [4.78, 5) is 26.1. The lowest BCUT2D eigenvalue weighted by molar-refractivity contribution is -0.159. The van der Waals surface area contributed by atoms with Crippen LogP contribution >= 0.6 is 0 Å². The molecule has 0 radical (unpaired) electrons. The molecule has 0 saturated carbocycles. The van der Waals surface area contributed by atoms with Crippen molar-refractivity contribution in [1.82, 2.24) is 4.90 Å². The molecule has 0 spiro atoms. The molecule has 0 aliphatic heterocycles. The van der Waals surface area contributed by atoms with E-state index in [-0.39, 0.29) is 17.1 Å². The van der Waals surface area contributed by atoms with Crippen molar-refractivity contribution < 1.29 is 22.7 Å². The number of esters is 1. The highest BCUT2D eigenvalue weighted by Crippen LogP contribution is 2.21. The molecule has 0 unspecified atom stereocenters. The van der Waals surface area contributed by atoms with Crippen molar-refractivity contribution in [3.63, 3.8) is 0 Å². The maximum absolute atomic E-state index is 12.4. The van der Waals surface area contributed by atoms with Gasteiger partial charge < -0.3 is 9.64 Å². The van der Waals surface area contributed by atoms with Crippen LogP contribution in [0.2, 0.25) is 0 Å². The molecule has 0 N–H and O–H groups in total. The summed E-state index contributed by atoms with van der Waals surface area (Å²) in [6, 6.07) is 15.1. The molecule has 0 fully saturated rings. The molecule has 27 heavy (non-hydrogen) atoms. The minimum atomic E-state index is -3.61. The number of ether oxygens (including phenoxy) is 1. The van der Waals surface area contributed by atoms with Gasteiger partial charge in [-0.15, -0.1) is 0 Å². The van der Waals surface area contributed by atoms with E-state index < -0.39 is 27.8 Å². The van der Waals surface area contributed by atoms with Gasteiger partial charge in [0.2, 0.25) is 6.10 Å². The Balaban J connectivity index is 2.07. The van der Waals surface area contributed by atoms with Crippen molar-refractivity contribution in [3.8, 4) is 0 Å². The quantitative estimate of drug-likeness (QED) is 0.680. The SMILES string of the molecule is Cc1ccc(S(=O)(=O)CCC(=O)O[C@@H](C(=O)N(C)C)c2ccccc2)cc1. The van der Waals surface area contributed by atoms with Gasteiger partial charge in [-0.25, -0.2) is 8.42 Å². The summed E-state index contributed by atoms with van der Waals surface area (Å²) in [5.74, 6) is -1.52. The number of hydrogen-bond acceptors (Lipinski definition) is 5. The van der Waals surface area contributed by atoms with Crippen LogP contribution in [0.15, 0.2) is 59.5 Å². The number of carbonyl (C=O) groups is 2. The van der Waals surface area contributed by atoms with Gasteiger partial charge in [-0.2, -0.15) is 0 Å². The highest BCUT2D eigenvalue weighted by molar-refractivity contribution is 7.91.